The molecule has 1 aliphatic heterocycles. The van der Waals surface area contributed by atoms with Gasteiger partial charge in [-0.3, -0.25) is 9.69 Å². The Labute approximate surface area is 125 Å². The van der Waals surface area contributed by atoms with E-state index in [1.54, 1.807) is 13.0 Å². The van der Waals surface area contributed by atoms with Crippen molar-refractivity contribution in [1.29, 1.82) is 0 Å². The highest BCUT2D eigenvalue weighted by Gasteiger charge is 2.32. The zero-order valence-corrected chi connectivity index (χ0v) is 12.3. The number of halogens is 1. The Morgan fingerprint density at radius 3 is 2.90 bits per heavy atom. The molecule has 1 fully saturated rings. The van der Waals surface area contributed by atoms with Crippen molar-refractivity contribution < 1.29 is 18.7 Å². The molecular weight excluding hydrogens is 295 g/mol. The first-order valence-electron chi connectivity index (χ1n) is 6.18. The van der Waals surface area contributed by atoms with Gasteiger partial charge in [-0.25, -0.2) is 14.2 Å². The molecule has 0 N–H and O–H groups in total. The van der Waals surface area contributed by atoms with Crippen molar-refractivity contribution >= 4 is 34.5 Å². The second-order valence-electron chi connectivity index (χ2n) is 4.06. The number of esters is 1. The number of ether oxygens (including phenoxy) is 1. The predicted octanol–water partition coefficient (Wildman–Crippen LogP) is 2.47. The van der Waals surface area contributed by atoms with Gasteiger partial charge >= 0.3 is 5.97 Å². The number of carbonyl (C=O) groups excluding carboxylic acids is 2. The SMILES string of the molecule is CCN1C(=O)/C(=C\C(=O)OC)SC1=Nc1cccc(F)c1. The zero-order chi connectivity index (χ0) is 15.4. The fourth-order valence-electron chi connectivity index (χ4n) is 1.69. The van der Waals surface area contributed by atoms with Crippen molar-refractivity contribution in [3.8, 4) is 0 Å². The van der Waals surface area contributed by atoms with E-state index in [2.05, 4.69) is 9.73 Å². The molecule has 1 saturated heterocycles. The molecule has 1 aromatic carbocycles. The van der Waals surface area contributed by atoms with E-state index in [1.165, 1.54) is 30.2 Å². The minimum Gasteiger partial charge on any atom is -0.466 e. The van der Waals surface area contributed by atoms with Crippen LogP contribution in [0.15, 0.2) is 40.2 Å². The van der Waals surface area contributed by atoms with Crippen molar-refractivity contribution in [1.82, 2.24) is 4.90 Å². The number of nitrogens with zero attached hydrogens (tertiary/aromatic N) is 2. The Bertz CT molecular complexity index is 643. The normalized spacial score (nSPS) is 18.6. The van der Waals surface area contributed by atoms with E-state index in [0.29, 0.717) is 17.4 Å². The maximum atomic E-state index is 13.2. The number of methoxy groups -OCH3 is 1. The molecule has 0 spiro atoms. The van der Waals surface area contributed by atoms with E-state index < -0.39 is 11.8 Å². The van der Waals surface area contributed by atoms with Crippen molar-refractivity contribution in [2.75, 3.05) is 13.7 Å². The van der Waals surface area contributed by atoms with Crippen LogP contribution in [0.5, 0.6) is 0 Å². The molecule has 0 bridgehead atoms. The van der Waals surface area contributed by atoms with Crippen molar-refractivity contribution in [3.63, 3.8) is 0 Å². The standard InChI is InChI=1S/C14H13FN2O3S/c1-3-17-13(19)11(8-12(18)20-2)21-14(17)16-10-6-4-5-9(15)7-10/h4-8H,3H2,1-2H3/b11-8+,16-14?. The fraction of sp³-hybridized carbons (Fsp3) is 0.214. The number of hydrogen-bond acceptors (Lipinski definition) is 5. The summed E-state index contributed by atoms with van der Waals surface area (Å²) in [6.07, 6.45) is 1.13. The fourth-order valence-corrected chi connectivity index (χ4v) is 2.71. The van der Waals surface area contributed by atoms with Crippen LogP contribution in [-0.4, -0.2) is 35.6 Å². The Hall–Kier alpha value is -2.15. The first kappa shape index (κ1) is 15.2. The Morgan fingerprint density at radius 1 is 1.52 bits per heavy atom. The van der Waals surface area contributed by atoms with E-state index >= 15 is 0 Å². The number of likely N-dealkylation sites (N-methyl/N-ethyl adjacent to an activating group) is 1. The lowest BCUT2D eigenvalue weighted by atomic mass is 10.3. The average Bonchev–Trinajstić information content (AvgIpc) is 2.74. The molecule has 2 rings (SSSR count). The summed E-state index contributed by atoms with van der Waals surface area (Å²) < 4.78 is 17.7. The van der Waals surface area contributed by atoms with Gasteiger partial charge in [0.1, 0.15) is 5.82 Å². The Balaban J connectivity index is 2.33. The van der Waals surface area contributed by atoms with Gasteiger partial charge in [-0.05, 0) is 36.9 Å². The van der Waals surface area contributed by atoms with Crippen molar-refractivity contribution in [3.05, 3.63) is 41.1 Å². The summed E-state index contributed by atoms with van der Waals surface area (Å²) in [7, 11) is 1.24. The molecule has 110 valence electrons. The first-order chi connectivity index (χ1) is 10.0. The van der Waals surface area contributed by atoms with Gasteiger partial charge < -0.3 is 4.74 Å². The number of amidine groups is 1. The second-order valence-corrected chi connectivity index (χ2v) is 5.07. The highest BCUT2D eigenvalue weighted by molar-refractivity contribution is 8.18. The summed E-state index contributed by atoms with van der Waals surface area (Å²) in [6.45, 7) is 2.19. The number of aliphatic imine (C=N–C) groups is 1. The molecule has 0 unspecified atom stereocenters. The van der Waals surface area contributed by atoms with Gasteiger partial charge in [-0.15, -0.1) is 0 Å². The largest absolute Gasteiger partial charge is 0.466 e. The van der Waals surface area contributed by atoms with Crippen LogP contribution in [0.25, 0.3) is 0 Å². The third-order valence-electron chi connectivity index (χ3n) is 2.69. The van der Waals surface area contributed by atoms with Crippen LogP contribution in [0.1, 0.15) is 6.92 Å². The number of amides is 1. The van der Waals surface area contributed by atoms with Gasteiger partial charge in [0, 0.05) is 12.6 Å². The molecule has 1 aliphatic rings. The molecular formula is C14H13FN2O3S. The van der Waals surface area contributed by atoms with Crippen LogP contribution in [0.2, 0.25) is 0 Å². The number of rotatable bonds is 3. The van der Waals surface area contributed by atoms with E-state index in [1.807, 2.05) is 0 Å². The van der Waals surface area contributed by atoms with Crippen LogP contribution in [0.3, 0.4) is 0 Å². The van der Waals surface area contributed by atoms with Crippen LogP contribution < -0.4 is 0 Å². The summed E-state index contributed by atoms with van der Waals surface area (Å²) >= 11 is 1.06. The lowest BCUT2D eigenvalue weighted by molar-refractivity contribution is -0.135. The topological polar surface area (TPSA) is 59.0 Å². The highest BCUT2D eigenvalue weighted by atomic mass is 32.2. The molecule has 7 heteroatoms. The Kier molecular flexibility index (Phi) is 4.74. The van der Waals surface area contributed by atoms with E-state index in [-0.39, 0.29) is 10.8 Å². The average molecular weight is 308 g/mol. The highest BCUT2D eigenvalue weighted by Crippen LogP contribution is 2.32. The van der Waals surface area contributed by atoms with Crippen LogP contribution in [0, 0.1) is 5.82 Å². The maximum Gasteiger partial charge on any atom is 0.331 e. The molecule has 0 aliphatic carbocycles. The predicted molar refractivity (Wildman–Crippen MR) is 78.6 cm³/mol. The Morgan fingerprint density at radius 2 is 2.29 bits per heavy atom. The number of benzene rings is 1. The van der Waals surface area contributed by atoms with Crippen molar-refractivity contribution in [2.45, 2.75) is 6.92 Å². The summed E-state index contributed by atoms with van der Waals surface area (Å²) in [5.41, 5.74) is 0.406. The summed E-state index contributed by atoms with van der Waals surface area (Å²) in [4.78, 5) is 29.3. The monoisotopic (exact) mass is 308 g/mol. The number of hydrogen-bond donors (Lipinski definition) is 0. The van der Waals surface area contributed by atoms with Gasteiger partial charge in [-0.2, -0.15) is 0 Å². The van der Waals surface area contributed by atoms with Gasteiger partial charge in [0.05, 0.1) is 17.7 Å². The molecule has 1 heterocycles. The van der Waals surface area contributed by atoms with Gasteiger partial charge in [0.25, 0.3) is 5.91 Å². The summed E-state index contributed by atoms with van der Waals surface area (Å²) in [6, 6.07) is 5.76. The second kappa shape index (κ2) is 6.53. The number of thioether (sulfide) groups is 1. The quantitative estimate of drug-likeness (QED) is 0.636. The minimum atomic E-state index is -0.603. The summed E-state index contributed by atoms with van der Waals surface area (Å²) in [5.74, 6) is -1.32. The van der Waals surface area contributed by atoms with E-state index in [0.717, 1.165) is 17.8 Å². The zero-order valence-electron chi connectivity index (χ0n) is 11.5. The van der Waals surface area contributed by atoms with Gasteiger partial charge in [0.2, 0.25) is 0 Å². The van der Waals surface area contributed by atoms with Gasteiger partial charge in [-0.1, -0.05) is 6.07 Å². The summed E-state index contributed by atoms with van der Waals surface area (Å²) in [5, 5.41) is 0.406. The first-order valence-corrected chi connectivity index (χ1v) is 7.00. The van der Waals surface area contributed by atoms with Crippen LogP contribution >= 0.6 is 11.8 Å². The third kappa shape index (κ3) is 3.49. The molecule has 21 heavy (non-hydrogen) atoms. The molecule has 5 nitrogen and oxygen atoms in total. The van der Waals surface area contributed by atoms with Crippen LogP contribution in [-0.2, 0) is 14.3 Å². The molecule has 1 aromatic rings. The molecule has 0 saturated carbocycles. The lowest BCUT2D eigenvalue weighted by Gasteiger charge is -2.11. The molecule has 0 atom stereocenters. The minimum absolute atomic E-state index is 0.235. The van der Waals surface area contributed by atoms with Gasteiger partial charge in [0.15, 0.2) is 5.17 Å². The van der Waals surface area contributed by atoms with E-state index in [9.17, 15) is 14.0 Å². The lowest BCUT2D eigenvalue weighted by Crippen LogP contribution is -2.28. The number of carbonyl (C=O) groups is 2. The van der Waals surface area contributed by atoms with Crippen LogP contribution in [0.4, 0.5) is 10.1 Å². The van der Waals surface area contributed by atoms with E-state index in [4.69, 9.17) is 0 Å². The molecule has 0 radical (unpaired) electrons. The molecule has 0 aromatic heterocycles. The third-order valence-corrected chi connectivity index (χ3v) is 3.69. The van der Waals surface area contributed by atoms with Crippen molar-refractivity contribution in [2.24, 2.45) is 4.99 Å². The maximum absolute atomic E-state index is 13.2. The smallest absolute Gasteiger partial charge is 0.331 e. The molecule has 1 amide bonds.